The van der Waals surface area contributed by atoms with E-state index in [0.29, 0.717) is 0 Å². The lowest BCUT2D eigenvalue weighted by Crippen LogP contribution is -2.18. The van der Waals surface area contributed by atoms with Crippen molar-refractivity contribution in [1.82, 2.24) is 0 Å². The van der Waals surface area contributed by atoms with E-state index in [9.17, 15) is 0 Å². The summed E-state index contributed by atoms with van der Waals surface area (Å²) in [6, 6.07) is 96.6. The Bertz CT molecular complexity index is 3790. The second-order valence-corrected chi connectivity index (χ2v) is 17.7. The first kappa shape index (κ1) is 41.6. The maximum atomic E-state index is 6.58. The highest BCUT2D eigenvalue weighted by molar-refractivity contribution is 6.09. The van der Waals surface area contributed by atoms with E-state index in [2.05, 4.69) is 251 Å². The Morgan fingerprint density at radius 1 is 0.296 bits per heavy atom. The number of anilines is 9. The summed E-state index contributed by atoms with van der Waals surface area (Å²) >= 11 is 0. The minimum absolute atomic E-state index is 0.790. The Morgan fingerprint density at radius 3 is 1.27 bits per heavy atom. The molecule has 11 aromatic carbocycles. The van der Waals surface area contributed by atoms with Crippen LogP contribution in [-0.2, 0) is 0 Å². The summed E-state index contributed by atoms with van der Waals surface area (Å²) in [7, 11) is 0. The van der Waals surface area contributed by atoms with Gasteiger partial charge in [-0.3, -0.25) is 0 Å². The minimum atomic E-state index is 0.790. The van der Waals surface area contributed by atoms with Crippen molar-refractivity contribution in [3.63, 3.8) is 0 Å². The molecule has 0 bridgehead atoms. The third-order valence-electron chi connectivity index (χ3n) is 13.4. The van der Waals surface area contributed by atoms with Crippen molar-refractivity contribution in [2.24, 2.45) is 0 Å². The highest BCUT2D eigenvalue weighted by Crippen LogP contribution is 2.53. The molecule has 0 atom stereocenters. The maximum Gasteiger partial charge on any atom is 0.151 e. The van der Waals surface area contributed by atoms with Crippen LogP contribution >= 0.6 is 0 Å². The van der Waals surface area contributed by atoms with Gasteiger partial charge < -0.3 is 23.9 Å². The molecule has 336 valence electrons. The van der Waals surface area contributed by atoms with Gasteiger partial charge in [0.2, 0.25) is 0 Å². The lowest BCUT2D eigenvalue weighted by atomic mass is 10.0. The van der Waals surface area contributed by atoms with E-state index in [1.165, 1.54) is 11.1 Å². The molecule has 0 saturated heterocycles. The summed E-state index contributed by atoms with van der Waals surface area (Å²) in [4.78, 5) is 7.05. The smallest absolute Gasteiger partial charge is 0.151 e. The van der Waals surface area contributed by atoms with E-state index in [0.717, 1.165) is 107 Å². The Morgan fingerprint density at radius 2 is 0.718 bits per heavy atom. The Balaban J connectivity index is 1.03. The zero-order chi connectivity index (χ0) is 47.1. The second-order valence-electron chi connectivity index (χ2n) is 17.7. The van der Waals surface area contributed by atoms with Gasteiger partial charge in [-0.05, 0) is 125 Å². The van der Waals surface area contributed by atoms with Crippen LogP contribution in [0.3, 0.4) is 0 Å². The molecule has 71 heavy (non-hydrogen) atoms. The van der Waals surface area contributed by atoms with Crippen molar-refractivity contribution in [2.45, 2.75) is 0 Å². The number of hydrogen-bond donors (Lipinski definition) is 0. The van der Waals surface area contributed by atoms with Gasteiger partial charge in [-0.1, -0.05) is 176 Å². The zero-order valence-electron chi connectivity index (χ0n) is 38.6. The van der Waals surface area contributed by atoms with Crippen LogP contribution in [0.1, 0.15) is 0 Å². The van der Waals surface area contributed by atoms with Gasteiger partial charge >= 0.3 is 0 Å². The largest absolute Gasteiger partial charge is 0.455 e. The lowest BCUT2D eigenvalue weighted by molar-refractivity contribution is 0.477. The molecule has 0 spiro atoms. The van der Waals surface area contributed by atoms with Gasteiger partial charge in [-0.25, -0.2) is 0 Å². The lowest BCUT2D eigenvalue weighted by Gasteiger charge is -2.35. The van der Waals surface area contributed by atoms with E-state index in [1.54, 1.807) is 0 Å². The Kier molecular flexibility index (Phi) is 10.4. The van der Waals surface area contributed by atoms with Crippen LogP contribution in [0.5, 0.6) is 11.5 Å². The Labute approximate surface area is 412 Å². The van der Waals surface area contributed by atoms with Gasteiger partial charge in [0.15, 0.2) is 11.5 Å². The summed E-state index contributed by atoms with van der Waals surface area (Å²) in [6.45, 7) is 0. The van der Waals surface area contributed by atoms with Crippen LogP contribution in [0.4, 0.5) is 51.2 Å². The quantitative estimate of drug-likeness (QED) is 0.136. The molecule has 0 amide bonds. The summed E-state index contributed by atoms with van der Waals surface area (Å²) in [5, 5.41) is 2.22. The van der Waals surface area contributed by atoms with E-state index in [4.69, 9.17) is 9.15 Å². The molecule has 5 nitrogen and oxygen atoms in total. The minimum Gasteiger partial charge on any atom is -0.455 e. The van der Waals surface area contributed by atoms with E-state index >= 15 is 0 Å². The zero-order valence-corrected chi connectivity index (χ0v) is 38.6. The first-order valence-electron chi connectivity index (χ1n) is 24.0. The van der Waals surface area contributed by atoms with Crippen molar-refractivity contribution >= 4 is 73.1 Å². The number of para-hydroxylation sites is 7. The van der Waals surface area contributed by atoms with Crippen molar-refractivity contribution in [3.8, 4) is 44.9 Å². The molecule has 0 aliphatic carbocycles. The van der Waals surface area contributed by atoms with Crippen LogP contribution in [0.2, 0.25) is 0 Å². The molecule has 2 heterocycles. The molecule has 0 fully saturated rings. The van der Waals surface area contributed by atoms with Gasteiger partial charge in [-0.2, -0.15) is 0 Å². The molecule has 13 rings (SSSR count). The number of fused-ring (bicyclic) bond motifs is 5. The fraction of sp³-hybridized carbons (Fsp3) is 0. The number of rotatable bonds is 10. The normalized spacial score (nSPS) is 11.7. The van der Waals surface area contributed by atoms with Crippen molar-refractivity contribution in [3.05, 3.63) is 273 Å². The molecule has 1 aliphatic rings. The summed E-state index contributed by atoms with van der Waals surface area (Å²) in [5.41, 5.74) is 17.5. The van der Waals surface area contributed by atoms with E-state index in [1.807, 2.05) is 36.4 Å². The number of benzene rings is 11. The van der Waals surface area contributed by atoms with Crippen LogP contribution in [0, 0.1) is 0 Å². The first-order valence-corrected chi connectivity index (χ1v) is 24.0. The maximum absolute atomic E-state index is 6.58. The Hall–Kier alpha value is -9.58. The van der Waals surface area contributed by atoms with Crippen LogP contribution < -0.4 is 19.4 Å². The molecular formula is C66H45N3O2. The fourth-order valence-corrected chi connectivity index (χ4v) is 10.1. The van der Waals surface area contributed by atoms with E-state index in [-0.39, 0.29) is 0 Å². The van der Waals surface area contributed by atoms with Crippen molar-refractivity contribution < 1.29 is 9.15 Å². The second kappa shape index (κ2) is 17.8. The standard InChI is InChI=1S/C66H45N3O2/c1-4-17-46(18-5-1)48-31-37-52(38-32-48)67(51-21-8-3-9-22-51)55-43-56(45-57(44-55)69-61-26-11-14-29-64(61)70-65-30-15-12-27-62(65)69)68(53-39-33-49(34-40-53)47-19-6-2-7-20-47)54-41-35-50(36-42-54)58-24-16-25-60-59-23-10-13-28-63(59)71-66(58)60/h1-45H. The molecule has 12 aromatic rings. The van der Waals surface area contributed by atoms with Crippen molar-refractivity contribution in [1.29, 1.82) is 0 Å². The summed E-state index contributed by atoms with van der Waals surface area (Å²) in [6.07, 6.45) is 0. The molecule has 1 aromatic heterocycles. The van der Waals surface area contributed by atoms with Gasteiger partial charge in [0.05, 0.1) is 28.4 Å². The molecule has 0 radical (unpaired) electrons. The molecule has 0 N–H and O–H groups in total. The molecule has 1 aliphatic heterocycles. The number of hydrogen-bond acceptors (Lipinski definition) is 5. The molecule has 0 unspecified atom stereocenters. The first-order chi connectivity index (χ1) is 35.2. The van der Waals surface area contributed by atoms with Gasteiger partial charge in [-0.15, -0.1) is 0 Å². The molecule has 5 heteroatoms. The third kappa shape index (κ3) is 7.72. The fourth-order valence-electron chi connectivity index (χ4n) is 10.1. The number of nitrogens with zero attached hydrogens (tertiary/aromatic N) is 3. The van der Waals surface area contributed by atoms with Crippen LogP contribution in [0.15, 0.2) is 277 Å². The highest BCUT2D eigenvalue weighted by Gasteiger charge is 2.28. The molecular weight excluding hydrogens is 867 g/mol. The predicted molar refractivity (Wildman–Crippen MR) is 294 cm³/mol. The SMILES string of the molecule is c1ccc(-c2ccc(N(c3ccccc3)c3cc(N(c4ccc(-c5ccccc5)cc4)c4ccc(-c5cccc6c5oc5ccccc56)cc4)cc(N4c5ccccc5Oc5ccccc54)c3)cc2)cc1. The molecule has 0 saturated carbocycles. The van der Waals surface area contributed by atoms with Gasteiger partial charge in [0.1, 0.15) is 11.2 Å². The topological polar surface area (TPSA) is 32.1 Å². The van der Waals surface area contributed by atoms with Crippen molar-refractivity contribution in [2.75, 3.05) is 14.7 Å². The predicted octanol–water partition coefficient (Wildman–Crippen LogP) is 19.1. The van der Waals surface area contributed by atoms with Crippen LogP contribution in [-0.4, -0.2) is 0 Å². The highest BCUT2D eigenvalue weighted by atomic mass is 16.5. The number of furan rings is 1. The average molecular weight is 912 g/mol. The monoisotopic (exact) mass is 911 g/mol. The van der Waals surface area contributed by atoms with Gasteiger partial charge in [0.25, 0.3) is 0 Å². The summed E-state index contributed by atoms with van der Waals surface area (Å²) < 4.78 is 13.1. The number of ether oxygens (including phenoxy) is 1. The van der Waals surface area contributed by atoms with Crippen LogP contribution in [0.25, 0.3) is 55.3 Å². The van der Waals surface area contributed by atoms with E-state index < -0.39 is 0 Å². The summed E-state index contributed by atoms with van der Waals surface area (Å²) in [5.74, 6) is 1.58. The third-order valence-corrected chi connectivity index (χ3v) is 13.4. The average Bonchev–Trinajstić information content (AvgIpc) is 3.83. The van der Waals surface area contributed by atoms with Gasteiger partial charge in [0, 0.05) is 39.1 Å².